The first-order valence-electron chi connectivity index (χ1n) is 9.87. The summed E-state index contributed by atoms with van der Waals surface area (Å²) >= 11 is 0. The maximum Gasteiger partial charge on any atom is 0.337 e. The molecular formula is C23H27N3O6. The number of carboxylic acids is 1. The second-order valence-electron chi connectivity index (χ2n) is 8.02. The number of carboxylic acid groups (broad SMARTS) is 1. The van der Waals surface area contributed by atoms with E-state index in [2.05, 4.69) is 0 Å². The monoisotopic (exact) mass is 441 g/mol. The van der Waals surface area contributed by atoms with Crippen molar-refractivity contribution in [1.82, 2.24) is 5.32 Å². The number of esters is 1. The van der Waals surface area contributed by atoms with Crippen molar-refractivity contribution in [3.8, 4) is 0 Å². The lowest BCUT2D eigenvalue weighted by Crippen LogP contribution is -2.68. The molecule has 0 spiro atoms. The van der Waals surface area contributed by atoms with E-state index in [-0.39, 0.29) is 13.0 Å². The minimum Gasteiger partial charge on any atom is -0.481 e. The molecule has 2 amide bonds. The smallest absolute Gasteiger partial charge is 0.337 e. The van der Waals surface area contributed by atoms with E-state index >= 15 is 0 Å². The molecule has 0 radical (unpaired) electrons. The van der Waals surface area contributed by atoms with Crippen molar-refractivity contribution in [2.45, 2.75) is 38.0 Å². The number of hydrogen-bond donors (Lipinski definition) is 4. The van der Waals surface area contributed by atoms with Gasteiger partial charge in [0.15, 0.2) is 0 Å². The van der Waals surface area contributed by atoms with Crippen molar-refractivity contribution >= 4 is 23.8 Å². The summed E-state index contributed by atoms with van der Waals surface area (Å²) in [6.45, 7) is 2.46. The van der Waals surface area contributed by atoms with Crippen LogP contribution in [-0.4, -0.2) is 39.9 Å². The van der Waals surface area contributed by atoms with Gasteiger partial charge in [0.2, 0.25) is 11.4 Å². The Morgan fingerprint density at radius 1 is 0.906 bits per heavy atom. The van der Waals surface area contributed by atoms with Crippen LogP contribution in [0.15, 0.2) is 60.7 Å². The fourth-order valence-electron chi connectivity index (χ4n) is 2.90. The summed E-state index contributed by atoms with van der Waals surface area (Å²) in [7, 11) is 0. The number of nitrogens with two attached hydrogens (primary N) is 2. The van der Waals surface area contributed by atoms with Gasteiger partial charge in [0.1, 0.15) is 6.61 Å². The van der Waals surface area contributed by atoms with Gasteiger partial charge in [-0.05, 0) is 31.4 Å². The highest BCUT2D eigenvalue weighted by molar-refractivity contribution is 6.15. The molecule has 9 nitrogen and oxygen atoms in total. The van der Waals surface area contributed by atoms with Gasteiger partial charge in [-0.25, -0.2) is 4.79 Å². The molecule has 170 valence electrons. The van der Waals surface area contributed by atoms with Crippen LogP contribution >= 0.6 is 0 Å². The van der Waals surface area contributed by atoms with Crippen molar-refractivity contribution < 1.29 is 29.0 Å². The van der Waals surface area contributed by atoms with Crippen LogP contribution in [0.1, 0.15) is 25.0 Å². The molecular weight excluding hydrogens is 414 g/mol. The van der Waals surface area contributed by atoms with E-state index in [1.165, 1.54) is 13.8 Å². The molecule has 32 heavy (non-hydrogen) atoms. The SMILES string of the molecule is CC(C)(N)C(=O)NC(=O)[C@](N)(C(=O)OCc1ccccc1)C(Cc1ccccc1)C(=O)O. The molecule has 0 saturated heterocycles. The van der Waals surface area contributed by atoms with Gasteiger partial charge >= 0.3 is 11.9 Å². The summed E-state index contributed by atoms with van der Waals surface area (Å²) in [5.41, 5.74) is 8.85. The van der Waals surface area contributed by atoms with Crippen LogP contribution in [0, 0.1) is 5.92 Å². The van der Waals surface area contributed by atoms with Crippen LogP contribution in [0.4, 0.5) is 0 Å². The molecule has 0 aliphatic carbocycles. The average molecular weight is 441 g/mol. The van der Waals surface area contributed by atoms with Crippen molar-refractivity contribution in [1.29, 1.82) is 0 Å². The molecule has 9 heteroatoms. The summed E-state index contributed by atoms with van der Waals surface area (Å²) in [5, 5.41) is 11.8. The van der Waals surface area contributed by atoms with Gasteiger partial charge < -0.3 is 21.3 Å². The van der Waals surface area contributed by atoms with Crippen molar-refractivity contribution in [2.75, 3.05) is 0 Å². The lowest BCUT2D eigenvalue weighted by Gasteiger charge is -2.32. The van der Waals surface area contributed by atoms with Gasteiger partial charge in [-0.1, -0.05) is 60.7 Å². The summed E-state index contributed by atoms with van der Waals surface area (Å²) in [6, 6.07) is 17.0. The molecule has 0 aliphatic rings. The Balaban J connectivity index is 2.40. The summed E-state index contributed by atoms with van der Waals surface area (Å²) in [4.78, 5) is 50.5. The molecule has 1 unspecified atom stereocenters. The summed E-state index contributed by atoms with van der Waals surface area (Å²) < 4.78 is 5.22. The average Bonchev–Trinajstić information content (AvgIpc) is 2.75. The Labute approximate surface area is 185 Å². The van der Waals surface area contributed by atoms with Gasteiger partial charge in [0, 0.05) is 0 Å². The summed E-state index contributed by atoms with van der Waals surface area (Å²) in [6.07, 6.45) is -0.249. The van der Waals surface area contributed by atoms with Crippen LogP contribution < -0.4 is 16.8 Å². The Kier molecular flexibility index (Phi) is 7.85. The molecule has 6 N–H and O–H groups in total. The number of rotatable bonds is 9. The maximum absolute atomic E-state index is 13.0. The van der Waals surface area contributed by atoms with Crippen LogP contribution in [0.2, 0.25) is 0 Å². The Morgan fingerprint density at radius 2 is 1.41 bits per heavy atom. The fourth-order valence-corrected chi connectivity index (χ4v) is 2.90. The van der Waals surface area contributed by atoms with E-state index in [9.17, 15) is 24.3 Å². The first-order valence-corrected chi connectivity index (χ1v) is 9.87. The molecule has 0 heterocycles. The number of aliphatic carboxylic acids is 1. The molecule has 0 aromatic heterocycles. The lowest BCUT2D eigenvalue weighted by atomic mass is 9.79. The second kappa shape index (κ2) is 10.2. The number of ether oxygens (including phenoxy) is 1. The molecule has 0 saturated carbocycles. The standard InChI is InChI=1S/C23H27N3O6/c1-22(2,24)19(29)26-20(30)23(25,21(31)32-14-16-11-7-4-8-12-16)17(18(27)28)13-15-9-5-3-6-10-15/h3-12,17H,13-14,24-25H2,1-2H3,(H,27,28)(H,26,29,30)/t17?,23-/m0/s1. The number of nitrogens with one attached hydrogen (secondary N) is 1. The van der Waals surface area contributed by atoms with Crippen LogP contribution in [0.3, 0.4) is 0 Å². The van der Waals surface area contributed by atoms with Crippen LogP contribution in [-0.2, 0) is 36.9 Å². The number of carbonyl (C=O) groups is 4. The predicted octanol–water partition coefficient (Wildman–Crippen LogP) is 0.751. The number of carbonyl (C=O) groups excluding carboxylic acids is 3. The Bertz CT molecular complexity index is 972. The maximum atomic E-state index is 13.0. The first-order chi connectivity index (χ1) is 15.0. The molecule has 2 rings (SSSR count). The Hall–Kier alpha value is -3.56. The minimum absolute atomic E-state index is 0.236. The van der Waals surface area contributed by atoms with E-state index in [4.69, 9.17) is 16.2 Å². The zero-order valence-electron chi connectivity index (χ0n) is 17.9. The third-order valence-corrected chi connectivity index (χ3v) is 4.87. The molecule has 2 atom stereocenters. The van der Waals surface area contributed by atoms with Crippen molar-refractivity contribution in [2.24, 2.45) is 17.4 Å². The van der Waals surface area contributed by atoms with E-state index < -0.39 is 40.7 Å². The number of amides is 2. The normalized spacial score (nSPS) is 14.0. The largest absolute Gasteiger partial charge is 0.481 e. The van der Waals surface area contributed by atoms with Crippen LogP contribution in [0.5, 0.6) is 0 Å². The highest BCUT2D eigenvalue weighted by Gasteiger charge is 2.54. The Morgan fingerprint density at radius 3 is 1.88 bits per heavy atom. The number of imide groups is 1. The van der Waals surface area contributed by atoms with Gasteiger partial charge in [0.25, 0.3) is 5.91 Å². The van der Waals surface area contributed by atoms with Gasteiger partial charge in [0.05, 0.1) is 11.5 Å². The van der Waals surface area contributed by atoms with E-state index in [1.54, 1.807) is 60.7 Å². The highest BCUT2D eigenvalue weighted by atomic mass is 16.5. The van der Waals surface area contributed by atoms with Crippen LogP contribution in [0.25, 0.3) is 0 Å². The topological polar surface area (TPSA) is 162 Å². The number of benzene rings is 2. The van der Waals surface area contributed by atoms with E-state index in [0.717, 1.165) is 0 Å². The predicted molar refractivity (Wildman–Crippen MR) is 116 cm³/mol. The molecule has 0 aliphatic heterocycles. The van der Waals surface area contributed by atoms with E-state index in [0.29, 0.717) is 11.1 Å². The van der Waals surface area contributed by atoms with Gasteiger partial charge in [-0.15, -0.1) is 0 Å². The minimum atomic E-state index is -2.70. The van der Waals surface area contributed by atoms with Gasteiger partial charge in [-0.3, -0.25) is 19.7 Å². The lowest BCUT2D eigenvalue weighted by molar-refractivity contribution is -0.165. The molecule has 0 bridgehead atoms. The van der Waals surface area contributed by atoms with Crippen molar-refractivity contribution in [3.63, 3.8) is 0 Å². The number of hydrogen-bond acceptors (Lipinski definition) is 7. The molecule has 2 aromatic carbocycles. The van der Waals surface area contributed by atoms with Crippen molar-refractivity contribution in [3.05, 3.63) is 71.8 Å². The van der Waals surface area contributed by atoms with E-state index in [1.807, 2.05) is 5.32 Å². The zero-order valence-corrected chi connectivity index (χ0v) is 17.9. The third kappa shape index (κ3) is 5.99. The summed E-state index contributed by atoms with van der Waals surface area (Å²) in [5.74, 6) is -6.71. The molecule has 0 fully saturated rings. The quantitative estimate of drug-likeness (QED) is 0.327. The third-order valence-electron chi connectivity index (χ3n) is 4.87. The fraction of sp³-hybridized carbons (Fsp3) is 0.304. The zero-order chi connectivity index (χ0) is 23.9. The molecule has 2 aromatic rings. The first kappa shape index (κ1) is 24.7. The van der Waals surface area contributed by atoms with Gasteiger partial charge in [-0.2, -0.15) is 0 Å². The second-order valence-corrected chi connectivity index (χ2v) is 8.02. The highest BCUT2D eigenvalue weighted by Crippen LogP contribution is 2.24.